The molecule has 0 radical (unpaired) electrons. The molecule has 0 aliphatic carbocycles. The smallest absolute Gasteiger partial charge is 0.125 e. The summed E-state index contributed by atoms with van der Waals surface area (Å²) in [6, 6.07) is 10.4. The van der Waals surface area contributed by atoms with E-state index in [0.29, 0.717) is 33.4 Å². The average molecular weight is 309 g/mol. The molecule has 0 spiro atoms. The predicted molar refractivity (Wildman–Crippen MR) is 81.6 cm³/mol. The highest BCUT2D eigenvalue weighted by Gasteiger charge is 2.19. The Hall–Kier alpha value is -1.91. The Morgan fingerprint density at radius 2 is 1.48 bits per heavy atom. The highest BCUT2D eigenvalue weighted by molar-refractivity contribution is 6.31. The largest absolute Gasteiger partial charge is 0.497 e. The zero-order valence-electron chi connectivity index (χ0n) is 12.1. The summed E-state index contributed by atoms with van der Waals surface area (Å²) in [5, 5.41) is 11.0. The number of hydrogen-bond acceptors (Lipinski definition) is 4. The van der Waals surface area contributed by atoms with Crippen molar-refractivity contribution < 1.29 is 19.3 Å². The van der Waals surface area contributed by atoms with E-state index in [9.17, 15) is 5.11 Å². The first-order chi connectivity index (χ1) is 10.1. The molecule has 5 heteroatoms. The maximum atomic E-state index is 10.6. The van der Waals surface area contributed by atoms with Gasteiger partial charge in [-0.1, -0.05) is 17.7 Å². The molecule has 1 atom stereocenters. The van der Waals surface area contributed by atoms with Gasteiger partial charge in [0.2, 0.25) is 0 Å². The van der Waals surface area contributed by atoms with Gasteiger partial charge in [0.05, 0.1) is 26.4 Å². The third kappa shape index (κ3) is 3.23. The summed E-state index contributed by atoms with van der Waals surface area (Å²) in [7, 11) is 4.68. The molecule has 1 unspecified atom stereocenters. The fraction of sp³-hybridized carbons (Fsp3) is 0.250. The Bertz CT molecular complexity index is 628. The van der Waals surface area contributed by atoms with Crippen molar-refractivity contribution in [2.75, 3.05) is 21.3 Å². The zero-order valence-corrected chi connectivity index (χ0v) is 12.8. The molecule has 0 aromatic heterocycles. The van der Waals surface area contributed by atoms with Crippen molar-refractivity contribution in [1.29, 1.82) is 0 Å². The molecule has 0 saturated heterocycles. The van der Waals surface area contributed by atoms with Crippen molar-refractivity contribution in [2.24, 2.45) is 0 Å². The van der Waals surface area contributed by atoms with Crippen LogP contribution in [-0.2, 0) is 0 Å². The molecule has 21 heavy (non-hydrogen) atoms. The molecule has 2 rings (SSSR count). The van der Waals surface area contributed by atoms with Gasteiger partial charge in [0.25, 0.3) is 0 Å². The standard InChI is InChI=1S/C16H17ClO4/c1-19-10-5-7-15(21-3)13(8-10)16(18)12-6-4-11(20-2)9-14(12)17/h4-9,16,18H,1-3H3. The number of hydrogen-bond donors (Lipinski definition) is 1. The van der Waals surface area contributed by atoms with Crippen LogP contribution in [0.25, 0.3) is 0 Å². The molecule has 0 aliphatic heterocycles. The van der Waals surface area contributed by atoms with Crippen molar-refractivity contribution in [2.45, 2.75) is 6.10 Å². The Labute approximate surface area is 128 Å². The van der Waals surface area contributed by atoms with Crippen molar-refractivity contribution >= 4 is 11.6 Å². The number of aliphatic hydroxyl groups excluding tert-OH is 1. The number of rotatable bonds is 5. The number of aliphatic hydroxyl groups is 1. The van der Waals surface area contributed by atoms with E-state index in [2.05, 4.69) is 0 Å². The van der Waals surface area contributed by atoms with Gasteiger partial charge in [0.15, 0.2) is 0 Å². The first-order valence-electron chi connectivity index (χ1n) is 6.34. The van der Waals surface area contributed by atoms with Crippen LogP contribution < -0.4 is 14.2 Å². The fourth-order valence-electron chi connectivity index (χ4n) is 2.08. The van der Waals surface area contributed by atoms with Crippen LogP contribution in [0.15, 0.2) is 36.4 Å². The average Bonchev–Trinajstić information content (AvgIpc) is 2.53. The summed E-state index contributed by atoms with van der Waals surface area (Å²) in [5.41, 5.74) is 1.16. The molecular weight excluding hydrogens is 292 g/mol. The lowest BCUT2D eigenvalue weighted by atomic mass is 10.00. The van der Waals surface area contributed by atoms with E-state index in [4.69, 9.17) is 25.8 Å². The number of halogens is 1. The third-order valence-electron chi connectivity index (χ3n) is 3.23. The molecule has 0 heterocycles. The minimum atomic E-state index is -0.923. The van der Waals surface area contributed by atoms with Gasteiger partial charge in [0, 0.05) is 11.1 Å². The lowest BCUT2D eigenvalue weighted by Gasteiger charge is -2.17. The van der Waals surface area contributed by atoms with Crippen molar-refractivity contribution in [3.8, 4) is 17.2 Å². The van der Waals surface area contributed by atoms with E-state index in [1.54, 1.807) is 57.7 Å². The van der Waals surface area contributed by atoms with E-state index in [1.165, 1.54) is 0 Å². The van der Waals surface area contributed by atoms with E-state index in [0.717, 1.165) is 0 Å². The van der Waals surface area contributed by atoms with Crippen LogP contribution in [0, 0.1) is 0 Å². The van der Waals surface area contributed by atoms with E-state index in [-0.39, 0.29) is 0 Å². The first-order valence-corrected chi connectivity index (χ1v) is 6.72. The van der Waals surface area contributed by atoms with Gasteiger partial charge in [-0.25, -0.2) is 0 Å². The first kappa shape index (κ1) is 15.5. The SMILES string of the molecule is COc1ccc(C(O)c2cc(OC)ccc2OC)c(Cl)c1. The van der Waals surface area contributed by atoms with Crippen molar-refractivity contribution in [3.63, 3.8) is 0 Å². The maximum absolute atomic E-state index is 10.6. The zero-order chi connectivity index (χ0) is 15.4. The van der Waals surface area contributed by atoms with Crippen LogP contribution in [0.4, 0.5) is 0 Å². The lowest BCUT2D eigenvalue weighted by Crippen LogP contribution is -2.04. The molecule has 112 valence electrons. The van der Waals surface area contributed by atoms with Crippen LogP contribution in [0.1, 0.15) is 17.2 Å². The van der Waals surface area contributed by atoms with E-state index in [1.807, 2.05) is 0 Å². The van der Waals surface area contributed by atoms with Gasteiger partial charge >= 0.3 is 0 Å². The van der Waals surface area contributed by atoms with Crippen LogP contribution >= 0.6 is 11.6 Å². The molecule has 4 nitrogen and oxygen atoms in total. The molecule has 0 saturated carbocycles. The number of ether oxygens (including phenoxy) is 3. The van der Waals surface area contributed by atoms with Crippen LogP contribution in [0.3, 0.4) is 0 Å². The Morgan fingerprint density at radius 3 is 2.05 bits per heavy atom. The van der Waals surface area contributed by atoms with Gasteiger partial charge in [-0.2, -0.15) is 0 Å². The normalized spacial score (nSPS) is 11.9. The van der Waals surface area contributed by atoms with Gasteiger partial charge < -0.3 is 19.3 Å². The Kier molecular flexibility index (Phi) is 4.94. The molecule has 1 N–H and O–H groups in total. The summed E-state index contributed by atoms with van der Waals surface area (Å²) >= 11 is 6.21. The summed E-state index contributed by atoms with van der Waals surface area (Å²) in [4.78, 5) is 0. The second-order valence-electron chi connectivity index (χ2n) is 4.40. The summed E-state index contributed by atoms with van der Waals surface area (Å²) in [5.74, 6) is 1.83. The number of benzene rings is 2. The molecule has 2 aromatic carbocycles. The second kappa shape index (κ2) is 6.70. The van der Waals surface area contributed by atoms with Crippen LogP contribution in [0.5, 0.6) is 17.2 Å². The highest BCUT2D eigenvalue weighted by Crippen LogP contribution is 2.36. The molecule has 0 bridgehead atoms. The third-order valence-corrected chi connectivity index (χ3v) is 3.56. The molecular formula is C16H17ClO4. The Morgan fingerprint density at radius 1 is 0.857 bits per heavy atom. The van der Waals surface area contributed by atoms with Gasteiger partial charge in [-0.15, -0.1) is 0 Å². The van der Waals surface area contributed by atoms with Gasteiger partial charge in [0.1, 0.15) is 23.4 Å². The molecule has 0 fully saturated rings. The monoisotopic (exact) mass is 308 g/mol. The van der Waals surface area contributed by atoms with Crippen LogP contribution in [0.2, 0.25) is 5.02 Å². The highest BCUT2D eigenvalue weighted by atomic mass is 35.5. The summed E-state index contributed by atoms with van der Waals surface area (Å²) < 4.78 is 15.6. The van der Waals surface area contributed by atoms with Gasteiger partial charge in [-0.05, 0) is 30.3 Å². The number of methoxy groups -OCH3 is 3. The minimum Gasteiger partial charge on any atom is -0.497 e. The van der Waals surface area contributed by atoms with E-state index >= 15 is 0 Å². The van der Waals surface area contributed by atoms with Crippen LogP contribution in [-0.4, -0.2) is 26.4 Å². The van der Waals surface area contributed by atoms with Crippen molar-refractivity contribution in [1.82, 2.24) is 0 Å². The van der Waals surface area contributed by atoms with E-state index < -0.39 is 6.10 Å². The predicted octanol–water partition coefficient (Wildman–Crippen LogP) is 3.45. The molecule has 2 aromatic rings. The summed E-state index contributed by atoms with van der Waals surface area (Å²) in [6.07, 6.45) is -0.923. The molecule has 0 amide bonds. The Balaban J connectivity index is 2.45. The minimum absolute atomic E-state index is 0.423. The summed E-state index contributed by atoms with van der Waals surface area (Å²) in [6.45, 7) is 0. The maximum Gasteiger partial charge on any atom is 0.125 e. The molecule has 0 aliphatic rings. The second-order valence-corrected chi connectivity index (χ2v) is 4.81. The fourth-order valence-corrected chi connectivity index (χ4v) is 2.35. The van der Waals surface area contributed by atoms with Gasteiger partial charge in [-0.3, -0.25) is 0 Å². The quantitative estimate of drug-likeness (QED) is 0.919. The van der Waals surface area contributed by atoms with Crippen molar-refractivity contribution in [3.05, 3.63) is 52.5 Å². The topological polar surface area (TPSA) is 47.9 Å². The lowest BCUT2D eigenvalue weighted by molar-refractivity contribution is 0.214.